The fraction of sp³-hybridized carbons (Fsp3) is 0.174. The van der Waals surface area contributed by atoms with E-state index in [1.807, 2.05) is 31.2 Å². The van der Waals surface area contributed by atoms with E-state index in [0.717, 1.165) is 14.5 Å². The van der Waals surface area contributed by atoms with Crippen LogP contribution in [0.4, 0.5) is 11.4 Å². The Morgan fingerprint density at radius 1 is 0.969 bits per heavy atom. The van der Waals surface area contributed by atoms with Crippen LogP contribution in [0.5, 0.6) is 0 Å². The van der Waals surface area contributed by atoms with Crippen LogP contribution >= 0.6 is 43.5 Å². The van der Waals surface area contributed by atoms with Gasteiger partial charge in [0, 0.05) is 26.2 Å². The third-order valence-corrected chi connectivity index (χ3v) is 7.70. The van der Waals surface area contributed by atoms with Crippen LogP contribution in [0.1, 0.15) is 18.9 Å². The molecule has 3 aromatic carbocycles. The lowest BCUT2D eigenvalue weighted by Crippen LogP contribution is -2.24. The highest BCUT2D eigenvalue weighted by molar-refractivity contribution is 9.10. The topological polar surface area (TPSA) is 75.3 Å². The van der Waals surface area contributed by atoms with E-state index < -0.39 is 10.0 Å². The molecule has 0 spiro atoms. The lowest BCUT2D eigenvalue weighted by Gasteiger charge is -2.16. The molecule has 1 atom stereocenters. The summed E-state index contributed by atoms with van der Waals surface area (Å²) in [5.41, 5.74) is 1.81. The van der Waals surface area contributed by atoms with Crippen molar-refractivity contribution in [3.63, 3.8) is 0 Å². The van der Waals surface area contributed by atoms with Crippen LogP contribution in [0.15, 0.2) is 80.6 Å². The van der Waals surface area contributed by atoms with E-state index in [1.165, 1.54) is 12.1 Å². The van der Waals surface area contributed by atoms with E-state index in [4.69, 9.17) is 11.6 Å². The molecular formula is C23H21Br2ClN2O3S. The molecular weight excluding hydrogens is 580 g/mol. The van der Waals surface area contributed by atoms with Crippen LogP contribution < -0.4 is 10.0 Å². The molecule has 0 aliphatic heterocycles. The molecule has 0 saturated carbocycles. The number of nitrogens with one attached hydrogen (secondary N) is 2. The first-order valence-corrected chi connectivity index (χ1v) is 13.3. The largest absolute Gasteiger partial charge is 0.326 e. The highest BCUT2D eigenvalue weighted by atomic mass is 79.9. The van der Waals surface area contributed by atoms with Gasteiger partial charge in [-0.1, -0.05) is 62.5 Å². The maximum absolute atomic E-state index is 12.9. The first-order valence-electron chi connectivity index (χ1n) is 9.81. The fourth-order valence-electron chi connectivity index (χ4n) is 3.13. The average molecular weight is 601 g/mol. The van der Waals surface area contributed by atoms with Gasteiger partial charge in [0.2, 0.25) is 5.91 Å². The van der Waals surface area contributed by atoms with Gasteiger partial charge in [-0.15, -0.1) is 0 Å². The van der Waals surface area contributed by atoms with Crippen molar-refractivity contribution in [3.05, 3.63) is 86.3 Å². The minimum Gasteiger partial charge on any atom is -0.326 e. The summed E-state index contributed by atoms with van der Waals surface area (Å²) in [5.74, 6) is -0.444. The second-order valence-electron chi connectivity index (χ2n) is 7.19. The number of carbonyl (C=O) groups excluding carboxylic acids is 1. The van der Waals surface area contributed by atoms with Crippen molar-refractivity contribution in [1.29, 1.82) is 0 Å². The summed E-state index contributed by atoms with van der Waals surface area (Å²) in [6, 6.07) is 19.0. The van der Waals surface area contributed by atoms with Crippen molar-refractivity contribution in [1.82, 2.24) is 0 Å². The molecule has 1 amide bonds. The third kappa shape index (κ3) is 6.57. The van der Waals surface area contributed by atoms with Gasteiger partial charge in [0.05, 0.1) is 5.02 Å². The standard InChI is InChI=1S/C23H21Br2ClN2O3S/c1-2-16(12-15-4-3-5-18(25)13-15)23(29)27-20-10-11-21(26)22(14-20)32(30,31)28-19-8-6-17(24)7-9-19/h3-11,13-14,16,28H,2,12H2,1H3,(H,27,29). The molecule has 9 heteroatoms. The fourth-order valence-corrected chi connectivity index (χ4v) is 5.43. The monoisotopic (exact) mass is 598 g/mol. The van der Waals surface area contributed by atoms with Gasteiger partial charge in [0.1, 0.15) is 4.90 Å². The van der Waals surface area contributed by atoms with Crippen LogP contribution in [0, 0.1) is 5.92 Å². The molecule has 0 aliphatic carbocycles. The molecule has 0 fully saturated rings. The smallest absolute Gasteiger partial charge is 0.263 e. The van der Waals surface area contributed by atoms with Crippen LogP contribution in [0.3, 0.4) is 0 Å². The van der Waals surface area contributed by atoms with Crippen molar-refractivity contribution < 1.29 is 13.2 Å². The second kappa shape index (κ2) is 10.8. The minimum absolute atomic E-state index is 0.0637. The third-order valence-electron chi connectivity index (χ3n) is 4.82. The summed E-state index contributed by atoms with van der Waals surface area (Å²) >= 11 is 12.9. The van der Waals surface area contributed by atoms with E-state index >= 15 is 0 Å². The van der Waals surface area contributed by atoms with Gasteiger partial charge in [-0.2, -0.15) is 0 Å². The Balaban J connectivity index is 1.78. The van der Waals surface area contributed by atoms with Crippen molar-refractivity contribution in [2.24, 2.45) is 5.92 Å². The highest BCUT2D eigenvalue weighted by Gasteiger charge is 2.21. The number of carbonyl (C=O) groups is 1. The summed E-state index contributed by atoms with van der Waals surface area (Å²) in [5, 5.41) is 2.89. The highest BCUT2D eigenvalue weighted by Crippen LogP contribution is 2.28. The number of hydrogen-bond acceptors (Lipinski definition) is 3. The zero-order valence-corrected chi connectivity index (χ0v) is 21.9. The van der Waals surface area contributed by atoms with Crippen molar-refractivity contribution in [2.75, 3.05) is 10.0 Å². The van der Waals surface area contributed by atoms with E-state index in [2.05, 4.69) is 41.9 Å². The summed E-state index contributed by atoms with van der Waals surface area (Å²) in [4.78, 5) is 12.8. The van der Waals surface area contributed by atoms with Gasteiger partial charge in [0.25, 0.3) is 10.0 Å². The molecule has 0 saturated heterocycles. The molecule has 32 heavy (non-hydrogen) atoms. The Labute approximate surface area is 209 Å². The number of halogens is 3. The number of amides is 1. The molecule has 168 valence electrons. The summed E-state index contributed by atoms with van der Waals surface area (Å²) in [6.45, 7) is 1.95. The zero-order chi connectivity index (χ0) is 23.3. The molecule has 2 N–H and O–H groups in total. The van der Waals surface area contributed by atoms with Gasteiger partial charge in [-0.25, -0.2) is 8.42 Å². The molecule has 0 radical (unpaired) electrons. The number of anilines is 2. The molecule has 0 heterocycles. The minimum atomic E-state index is -3.95. The van der Waals surface area contributed by atoms with Gasteiger partial charge in [0.15, 0.2) is 0 Å². The predicted molar refractivity (Wildman–Crippen MR) is 137 cm³/mol. The van der Waals surface area contributed by atoms with Crippen LogP contribution in [-0.4, -0.2) is 14.3 Å². The quantitative estimate of drug-likeness (QED) is 0.296. The van der Waals surface area contributed by atoms with Gasteiger partial charge < -0.3 is 5.32 Å². The van der Waals surface area contributed by atoms with Crippen LogP contribution in [0.25, 0.3) is 0 Å². The molecule has 5 nitrogen and oxygen atoms in total. The van der Waals surface area contributed by atoms with Crippen molar-refractivity contribution >= 4 is 70.8 Å². The van der Waals surface area contributed by atoms with Crippen LogP contribution in [-0.2, 0) is 21.2 Å². The lowest BCUT2D eigenvalue weighted by molar-refractivity contribution is -0.119. The average Bonchev–Trinajstić information content (AvgIpc) is 2.74. The molecule has 0 aromatic heterocycles. The number of sulfonamides is 1. The molecule has 1 unspecified atom stereocenters. The molecule has 0 aliphatic rings. The normalized spacial score (nSPS) is 12.2. The number of hydrogen-bond donors (Lipinski definition) is 2. The molecule has 0 bridgehead atoms. The van der Waals surface area contributed by atoms with Crippen molar-refractivity contribution in [2.45, 2.75) is 24.7 Å². The Morgan fingerprint density at radius 2 is 1.66 bits per heavy atom. The Kier molecular flexibility index (Phi) is 8.38. The lowest BCUT2D eigenvalue weighted by atomic mass is 9.96. The van der Waals surface area contributed by atoms with E-state index in [1.54, 1.807) is 30.3 Å². The van der Waals surface area contributed by atoms with Gasteiger partial charge in [-0.05, 0) is 73.0 Å². The van der Waals surface area contributed by atoms with Gasteiger partial charge >= 0.3 is 0 Å². The first kappa shape index (κ1) is 24.8. The maximum atomic E-state index is 12.9. The number of rotatable bonds is 8. The van der Waals surface area contributed by atoms with Gasteiger partial charge in [-0.3, -0.25) is 9.52 Å². The Bertz CT molecular complexity index is 1220. The number of benzene rings is 3. The summed E-state index contributed by atoms with van der Waals surface area (Å²) < 4.78 is 30.1. The summed E-state index contributed by atoms with van der Waals surface area (Å²) in [7, 11) is -3.95. The van der Waals surface area contributed by atoms with Crippen molar-refractivity contribution in [3.8, 4) is 0 Å². The van der Waals surface area contributed by atoms with E-state index in [-0.39, 0.29) is 21.7 Å². The first-order chi connectivity index (χ1) is 15.2. The predicted octanol–water partition coefficient (Wildman–Crippen LogP) is 6.87. The zero-order valence-electron chi connectivity index (χ0n) is 17.1. The maximum Gasteiger partial charge on any atom is 0.263 e. The Morgan fingerprint density at radius 3 is 2.31 bits per heavy atom. The van der Waals surface area contributed by atoms with E-state index in [9.17, 15) is 13.2 Å². The van der Waals surface area contributed by atoms with Crippen LogP contribution in [0.2, 0.25) is 5.02 Å². The Hall–Kier alpha value is -1.87. The summed E-state index contributed by atoms with van der Waals surface area (Å²) in [6.07, 6.45) is 1.22. The second-order valence-corrected chi connectivity index (χ2v) is 11.1. The van der Waals surface area contributed by atoms with E-state index in [0.29, 0.717) is 24.2 Å². The molecule has 3 rings (SSSR count). The SMILES string of the molecule is CCC(Cc1cccc(Br)c1)C(=O)Nc1ccc(Cl)c(S(=O)(=O)Nc2ccc(Br)cc2)c1. The molecule has 3 aromatic rings.